The number of ether oxygens (including phenoxy) is 1. The van der Waals surface area contributed by atoms with E-state index >= 15 is 0 Å². The van der Waals surface area contributed by atoms with Gasteiger partial charge < -0.3 is 4.74 Å². The van der Waals surface area contributed by atoms with Gasteiger partial charge in [0.2, 0.25) is 5.82 Å². The molecule has 1 aromatic heterocycles. The van der Waals surface area contributed by atoms with Gasteiger partial charge in [-0.15, -0.1) is 0 Å². The van der Waals surface area contributed by atoms with Crippen LogP contribution < -0.4 is 4.90 Å². The van der Waals surface area contributed by atoms with Crippen LogP contribution in [0.1, 0.15) is 5.56 Å². The summed E-state index contributed by atoms with van der Waals surface area (Å²) in [5.41, 5.74) is 1.28. The van der Waals surface area contributed by atoms with E-state index in [9.17, 15) is 0 Å². The van der Waals surface area contributed by atoms with Crippen molar-refractivity contribution in [3.63, 3.8) is 0 Å². The van der Waals surface area contributed by atoms with Crippen LogP contribution in [0, 0.1) is 6.92 Å². The summed E-state index contributed by atoms with van der Waals surface area (Å²) < 4.78 is 5.30. The maximum Gasteiger partial charge on any atom is 0.226 e. The van der Waals surface area contributed by atoms with Crippen LogP contribution in [0.2, 0.25) is 0 Å². The third-order valence-electron chi connectivity index (χ3n) is 2.37. The Morgan fingerprint density at radius 3 is 2.85 bits per heavy atom. The van der Waals surface area contributed by atoms with Crippen molar-refractivity contribution >= 4 is 5.82 Å². The number of hydrogen-bond acceptors (Lipinski definition) is 2. The SMILES string of the molecule is Cc1ccnc([NH+]2CCOCC2)c1. The first-order valence-corrected chi connectivity index (χ1v) is 4.72. The zero-order valence-electron chi connectivity index (χ0n) is 7.92. The van der Waals surface area contributed by atoms with Crippen LogP contribution in [0.5, 0.6) is 0 Å². The van der Waals surface area contributed by atoms with Crippen molar-refractivity contribution in [2.45, 2.75) is 6.92 Å². The third-order valence-corrected chi connectivity index (χ3v) is 2.37. The lowest BCUT2D eigenvalue weighted by Gasteiger charge is -2.22. The van der Waals surface area contributed by atoms with Crippen LogP contribution in [-0.4, -0.2) is 31.3 Å². The van der Waals surface area contributed by atoms with Crippen LogP contribution in [0.25, 0.3) is 0 Å². The van der Waals surface area contributed by atoms with Gasteiger partial charge in [0.25, 0.3) is 0 Å². The summed E-state index contributed by atoms with van der Waals surface area (Å²) >= 11 is 0. The molecule has 0 unspecified atom stereocenters. The molecule has 0 radical (unpaired) electrons. The van der Waals surface area contributed by atoms with E-state index in [0.29, 0.717) is 0 Å². The van der Waals surface area contributed by atoms with Gasteiger partial charge in [-0.1, -0.05) is 0 Å². The second-order valence-electron chi connectivity index (χ2n) is 3.43. The van der Waals surface area contributed by atoms with Crippen molar-refractivity contribution in [1.29, 1.82) is 0 Å². The number of rotatable bonds is 1. The first kappa shape index (κ1) is 8.66. The van der Waals surface area contributed by atoms with Crippen LogP contribution in [0.15, 0.2) is 18.3 Å². The molecule has 1 fully saturated rings. The Balaban J connectivity index is 2.14. The van der Waals surface area contributed by atoms with E-state index in [-0.39, 0.29) is 0 Å². The number of aromatic nitrogens is 1. The average molecular weight is 179 g/mol. The molecule has 0 saturated carbocycles. The van der Waals surface area contributed by atoms with Crippen molar-refractivity contribution in [3.8, 4) is 0 Å². The topological polar surface area (TPSA) is 26.6 Å². The largest absolute Gasteiger partial charge is 0.370 e. The zero-order chi connectivity index (χ0) is 9.10. The summed E-state index contributed by atoms with van der Waals surface area (Å²) in [5.74, 6) is 1.16. The summed E-state index contributed by atoms with van der Waals surface area (Å²) in [7, 11) is 0. The Hall–Kier alpha value is -0.930. The maximum atomic E-state index is 5.30. The van der Waals surface area contributed by atoms with Gasteiger partial charge in [0.15, 0.2) is 0 Å². The number of aryl methyl sites for hydroxylation is 1. The minimum Gasteiger partial charge on any atom is -0.370 e. The van der Waals surface area contributed by atoms with Crippen molar-refractivity contribution in [1.82, 2.24) is 4.98 Å². The number of nitrogens with one attached hydrogen (secondary N) is 1. The van der Waals surface area contributed by atoms with Gasteiger partial charge >= 0.3 is 0 Å². The monoisotopic (exact) mass is 179 g/mol. The summed E-state index contributed by atoms with van der Waals surface area (Å²) in [6.45, 7) is 5.88. The summed E-state index contributed by atoms with van der Waals surface area (Å²) in [5, 5.41) is 0. The molecule has 1 saturated heterocycles. The van der Waals surface area contributed by atoms with Gasteiger partial charge in [-0.3, -0.25) is 4.90 Å². The summed E-state index contributed by atoms with van der Waals surface area (Å²) in [4.78, 5) is 5.81. The number of pyridine rings is 1. The Morgan fingerprint density at radius 1 is 1.38 bits per heavy atom. The van der Waals surface area contributed by atoms with Crippen molar-refractivity contribution in [3.05, 3.63) is 23.9 Å². The molecule has 0 amide bonds. The van der Waals surface area contributed by atoms with Crippen molar-refractivity contribution in [2.24, 2.45) is 0 Å². The zero-order valence-corrected chi connectivity index (χ0v) is 7.92. The predicted octanol–water partition coefficient (Wildman–Crippen LogP) is -0.0634. The molecule has 70 valence electrons. The van der Waals surface area contributed by atoms with Gasteiger partial charge in [-0.2, -0.15) is 0 Å². The summed E-state index contributed by atoms with van der Waals surface area (Å²) in [6.07, 6.45) is 1.88. The number of morpholine rings is 1. The number of hydrogen-bond donors (Lipinski definition) is 1. The first-order chi connectivity index (χ1) is 6.36. The Bertz CT molecular complexity index is 282. The Kier molecular flexibility index (Phi) is 2.57. The smallest absolute Gasteiger partial charge is 0.226 e. The highest BCUT2D eigenvalue weighted by Crippen LogP contribution is 2.00. The molecule has 0 aliphatic carbocycles. The highest BCUT2D eigenvalue weighted by atomic mass is 16.5. The van der Waals surface area contributed by atoms with Gasteiger partial charge in [-0.05, 0) is 18.6 Å². The molecule has 2 rings (SSSR count). The molecule has 13 heavy (non-hydrogen) atoms. The molecule has 3 heteroatoms. The summed E-state index contributed by atoms with van der Waals surface area (Å²) in [6, 6.07) is 4.18. The molecule has 0 spiro atoms. The molecule has 3 nitrogen and oxygen atoms in total. The van der Waals surface area contributed by atoms with E-state index < -0.39 is 0 Å². The molecule has 1 aliphatic heterocycles. The minimum atomic E-state index is 0.852. The van der Waals surface area contributed by atoms with Crippen LogP contribution >= 0.6 is 0 Å². The third kappa shape index (κ3) is 2.05. The molecular formula is C10H15N2O+. The average Bonchev–Trinajstić information content (AvgIpc) is 2.19. The molecular weight excluding hydrogens is 164 g/mol. The van der Waals surface area contributed by atoms with E-state index in [1.54, 1.807) is 0 Å². The van der Waals surface area contributed by atoms with Crippen molar-refractivity contribution < 1.29 is 9.64 Å². The van der Waals surface area contributed by atoms with E-state index in [0.717, 1.165) is 32.1 Å². The molecule has 1 N–H and O–H groups in total. The fourth-order valence-corrected chi connectivity index (χ4v) is 1.60. The molecule has 1 aromatic rings. The molecule has 0 bridgehead atoms. The number of nitrogens with zero attached hydrogens (tertiary/aromatic N) is 1. The Morgan fingerprint density at radius 2 is 2.15 bits per heavy atom. The van der Waals surface area contributed by atoms with Crippen molar-refractivity contribution in [2.75, 3.05) is 26.3 Å². The normalized spacial score (nSPS) is 18.8. The van der Waals surface area contributed by atoms with Crippen LogP contribution in [0.3, 0.4) is 0 Å². The van der Waals surface area contributed by atoms with E-state index in [2.05, 4.69) is 18.0 Å². The van der Waals surface area contributed by atoms with Gasteiger partial charge in [0, 0.05) is 12.3 Å². The lowest BCUT2D eigenvalue weighted by molar-refractivity contribution is -0.844. The van der Waals surface area contributed by atoms with E-state index in [1.165, 1.54) is 10.5 Å². The van der Waals surface area contributed by atoms with Crippen LogP contribution in [0.4, 0.5) is 5.82 Å². The van der Waals surface area contributed by atoms with E-state index in [4.69, 9.17) is 4.74 Å². The highest BCUT2D eigenvalue weighted by molar-refractivity contribution is 5.23. The number of quaternary nitrogens is 1. The molecule has 2 heterocycles. The maximum absolute atomic E-state index is 5.30. The highest BCUT2D eigenvalue weighted by Gasteiger charge is 2.17. The lowest BCUT2D eigenvalue weighted by Crippen LogP contribution is -3.09. The van der Waals surface area contributed by atoms with Gasteiger partial charge in [0.1, 0.15) is 13.1 Å². The quantitative estimate of drug-likeness (QED) is 0.653. The molecule has 0 atom stereocenters. The standard InChI is InChI=1S/C10H14N2O/c1-9-2-3-11-10(8-9)12-4-6-13-7-5-12/h2-3,8H,4-7H2,1H3/p+1. The minimum absolute atomic E-state index is 0.852. The molecule has 1 aliphatic rings. The first-order valence-electron chi connectivity index (χ1n) is 4.72. The second-order valence-corrected chi connectivity index (χ2v) is 3.43. The lowest BCUT2D eigenvalue weighted by atomic mass is 10.3. The predicted molar refractivity (Wildman–Crippen MR) is 50.1 cm³/mol. The van der Waals surface area contributed by atoms with Gasteiger partial charge in [-0.25, -0.2) is 4.98 Å². The van der Waals surface area contributed by atoms with Crippen LogP contribution in [-0.2, 0) is 4.74 Å². The van der Waals surface area contributed by atoms with E-state index in [1.807, 2.05) is 12.3 Å². The fraction of sp³-hybridized carbons (Fsp3) is 0.500. The fourth-order valence-electron chi connectivity index (χ4n) is 1.60. The van der Waals surface area contributed by atoms with Gasteiger partial charge in [0.05, 0.1) is 13.2 Å². The second kappa shape index (κ2) is 3.85. The molecule has 0 aromatic carbocycles. The Labute approximate surface area is 78.3 Å².